The Balaban J connectivity index is 3.90. The van der Waals surface area contributed by atoms with Crippen LogP contribution >= 0.6 is 0 Å². The number of hydrogen-bond donors (Lipinski definition) is 0. The highest BCUT2D eigenvalue weighted by molar-refractivity contribution is 5.83. The second kappa shape index (κ2) is 5.22. The molecule has 0 radical (unpaired) electrons. The second-order valence-corrected chi connectivity index (χ2v) is 1.62. The topological polar surface area (TPSA) is 29.4 Å². The van der Waals surface area contributed by atoms with Crippen LogP contribution in [0.15, 0.2) is 16.6 Å². The van der Waals surface area contributed by atoms with E-state index in [0.717, 1.165) is 18.3 Å². The third kappa shape index (κ3) is 3.64. The number of carbonyl (C=O) groups excluding carboxylic acids is 1. The monoisotopic (exact) mass is 125 g/mol. The standard InChI is InChI=1S/C7H11NO/c1-3-7(6-9)4-5-8-2/h4-6H,3H2,1-2H3/b7-4+,8-5?. The summed E-state index contributed by atoms with van der Waals surface area (Å²) in [5, 5.41) is 0. The minimum atomic E-state index is 0.773. The Kier molecular flexibility index (Phi) is 4.69. The molecule has 0 saturated heterocycles. The van der Waals surface area contributed by atoms with Crippen LogP contribution < -0.4 is 0 Å². The number of aldehydes is 1. The number of nitrogens with zero attached hydrogens (tertiary/aromatic N) is 1. The van der Waals surface area contributed by atoms with Crippen LogP contribution in [0.2, 0.25) is 0 Å². The zero-order valence-electron chi connectivity index (χ0n) is 5.79. The summed E-state index contributed by atoms with van der Waals surface area (Å²) >= 11 is 0. The fraction of sp³-hybridized carbons (Fsp3) is 0.429. The molecule has 0 bridgehead atoms. The molecule has 0 saturated carbocycles. The van der Waals surface area contributed by atoms with Crippen molar-refractivity contribution in [3.05, 3.63) is 11.6 Å². The van der Waals surface area contributed by atoms with Gasteiger partial charge in [-0.3, -0.25) is 9.79 Å². The fourth-order valence-electron chi connectivity index (χ4n) is 0.411. The van der Waals surface area contributed by atoms with Gasteiger partial charge in [-0.15, -0.1) is 0 Å². The lowest BCUT2D eigenvalue weighted by atomic mass is 10.2. The average molecular weight is 125 g/mol. The Morgan fingerprint density at radius 3 is 2.67 bits per heavy atom. The van der Waals surface area contributed by atoms with Crippen LogP contribution in [-0.2, 0) is 4.79 Å². The third-order valence-corrected chi connectivity index (χ3v) is 0.997. The molecule has 9 heavy (non-hydrogen) atoms. The minimum Gasteiger partial charge on any atom is -0.298 e. The summed E-state index contributed by atoms with van der Waals surface area (Å²) in [4.78, 5) is 13.8. The first-order chi connectivity index (χ1) is 4.35. The van der Waals surface area contributed by atoms with Crippen LogP contribution in [0.3, 0.4) is 0 Å². The van der Waals surface area contributed by atoms with Gasteiger partial charge in [-0.2, -0.15) is 0 Å². The molecular weight excluding hydrogens is 114 g/mol. The van der Waals surface area contributed by atoms with Gasteiger partial charge >= 0.3 is 0 Å². The van der Waals surface area contributed by atoms with Crippen molar-refractivity contribution in [2.75, 3.05) is 7.05 Å². The van der Waals surface area contributed by atoms with Crippen molar-refractivity contribution in [3.8, 4) is 0 Å². The molecule has 0 atom stereocenters. The molecule has 0 aliphatic carbocycles. The zero-order valence-corrected chi connectivity index (χ0v) is 5.79. The molecule has 0 unspecified atom stereocenters. The largest absolute Gasteiger partial charge is 0.298 e. The van der Waals surface area contributed by atoms with Crippen LogP contribution in [0.5, 0.6) is 0 Å². The van der Waals surface area contributed by atoms with E-state index in [-0.39, 0.29) is 0 Å². The van der Waals surface area contributed by atoms with Gasteiger partial charge in [0.05, 0.1) is 0 Å². The van der Waals surface area contributed by atoms with Crippen LogP contribution in [0.25, 0.3) is 0 Å². The molecule has 0 fully saturated rings. The quantitative estimate of drug-likeness (QED) is 0.317. The lowest BCUT2D eigenvalue weighted by molar-refractivity contribution is -0.105. The summed E-state index contributed by atoms with van der Waals surface area (Å²) in [6, 6.07) is 0. The van der Waals surface area contributed by atoms with Crippen molar-refractivity contribution in [3.63, 3.8) is 0 Å². The van der Waals surface area contributed by atoms with Crippen molar-refractivity contribution in [2.45, 2.75) is 13.3 Å². The molecule has 2 heteroatoms. The molecule has 0 aliphatic heterocycles. The van der Waals surface area contributed by atoms with Gasteiger partial charge in [0.1, 0.15) is 6.29 Å². The summed E-state index contributed by atoms with van der Waals surface area (Å²) in [6.07, 6.45) is 4.96. The van der Waals surface area contributed by atoms with Crippen molar-refractivity contribution >= 4 is 12.5 Å². The van der Waals surface area contributed by atoms with Crippen LogP contribution in [-0.4, -0.2) is 19.5 Å². The fourth-order valence-corrected chi connectivity index (χ4v) is 0.411. The van der Waals surface area contributed by atoms with E-state index in [2.05, 4.69) is 4.99 Å². The first kappa shape index (κ1) is 8.08. The maximum atomic E-state index is 10.1. The van der Waals surface area contributed by atoms with Gasteiger partial charge in [-0.05, 0) is 18.1 Å². The van der Waals surface area contributed by atoms with Crippen molar-refractivity contribution < 1.29 is 4.79 Å². The SMILES string of the molecule is CC/C(C=O)=C\C=NC. The van der Waals surface area contributed by atoms with E-state index in [1.807, 2.05) is 6.92 Å². The molecule has 0 aliphatic rings. The van der Waals surface area contributed by atoms with Crippen molar-refractivity contribution in [1.29, 1.82) is 0 Å². The molecule has 0 amide bonds. The van der Waals surface area contributed by atoms with Gasteiger partial charge in [0, 0.05) is 13.3 Å². The molecule has 2 nitrogen and oxygen atoms in total. The van der Waals surface area contributed by atoms with Gasteiger partial charge < -0.3 is 0 Å². The molecule has 0 heterocycles. The summed E-state index contributed by atoms with van der Waals surface area (Å²) in [6.45, 7) is 1.93. The molecule has 0 aromatic rings. The summed E-state index contributed by atoms with van der Waals surface area (Å²) in [5.74, 6) is 0. The smallest absolute Gasteiger partial charge is 0.146 e. The average Bonchev–Trinajstić information content (AvgIpc) is 1.91. The third-order valence-electron chi connectivity index (χ3n) is 0.997. The Morgan fingerprint density at radius 2 is 2.33 bits per heavy atom. The van der Waals surface area contributed by atoms with E-state index in [0.29, 0.717) is 0 Å². The highest BCUT2D eigenvalue weighted by atomic mass is 16.1. The molecular formula is C7H11NO. The van der Waals surface area contributed by atoms with Crippen LogP contribution in [0.1, 0.15) is 13.3 Å². The van der Waals surface area contributed by atoms with Crippen LogP contribution in [0, 0.1) is 0 Å². The zero-order chi connectivity index (χ0) is 7.11. The van der Waals surface area contributed by atoms with Crippen LogP contribution in [0.4, 0.5) is 0 Å². The predicted molar refractivity (Wildman–Crippen MR) is 38.9 cm³/mol. The Labute approximate surface area is 55.3 Å². The molecule has 50 valence electrons. The predicted octanol–water partition coefficient (Wildman–Crippen LogP) is 1.22. The second-order valence-electron chi connectivity index (χ2n) is 1.62. The van der Waals surface area contributed by atoms with E-state index < -0.39 is 0 Å². The highest BCUT2D eigenvalue weighted by Crippen LogP contribution is 1.92. The Bertz CT molecular complexity index is 136. The van der Waals surface area contributed by atoms with Gasteiger partial charge in [-0.25, -0.2) is 0 Å². The lowest BCUT2D eigenvalue weighted by Crippen LogP contribution is -1.81. The van der Waals surface area contributed by atoms with E-state index in [1.54, 1.807) is 19.3 Å². The number of aliphatic imine (C=N–C) groups is 1. The number of rotatable bonds is 3. The molecule has 0 spiro atoms. The summed E-state index contributed by atoms with van der Waals surface area (Å²) in [7, 11) is 1.68. The normalized spacial score (nSPS) is 12.4. The van der Waals surface area contributed by atoms with Gasteiger partial charge in [0.25, 0.3) is 0 Å². The lowest BCUT2D eigenvalue weighted by Gasteiger charge is -1.85. The number of hydrogen-bond acceptors (Lipinski definition) is 2. The van der Waals surface area contributed by atoms with Crippen molar-refractivity contribution in [1.82, 2.24) is 0 Å². The number of carbonyl (C=O) groups is 1. The molecule has 0 aromatic carbocycles. The maximum Gasteiger partial charge on any atom is 0.146 e. The van der Waals surface area contributed by atoms with E-state index >= 15 is 0 Å². The maximum absolute atomic E-state index is 10.1. The highest BCUT2D eigenvalue weighted by Gasteiger charge is 1.84. The first-order valence-corrected chi connectivity index (χ1v) is 2.91. The van der Waals surface area contributed by atoms with E-state index in [1.165, 1.54) is 0 Å². The summed E-state index contributed by atoms with van der Waals surface area (Å²) in [5.41, 5.74) is 0.778. The van der Waals surface area contributed by atoms with Gasteiger partial charge in [0.15, 0.2) is 0 Å². The van der Waals surface area contributed by atoms with E-state index in [4.69, 9.17) is 0 Å². The van der Waals surface area contributed by atoms with E-state index in [9.17, 15) is 4.79 Å². The van der Waals surface area contributed by atoms with Crippen molar-refractivity contribution in [2.24, 2.45) is 4.99 Å². The summed E-state index contributed by atoms with van der Waals surface area (Å²) < 4.78 is 0. The molecule has 0 rings (SSSR count). The Morgan fingerprint density at radius 1 is 1.67 bits per heavy atom. The molecule has 0 N–H and O–H groups in total. The first-order valence-electron chi connectivity index (χ1n) is 2.91. The van der Waals surface area contributed by atoms with Gasteiger partial charge in [-0.1, -0.05) is 6.92 Å². The van der Waals surface area contributed by atoms with Gasteiger partial charge in [0.2, 0.25) is 0 Å². The molecule has 0 aromatic heterocycles. The Hall–Kier alpha value is -0.920. The minimum absolute atomic E-state index is 0.773. The number of allylic oxidation sites excluding steroid dienone is 2.